The smallest absolute Gasteiger partial charge is 0.127 e. The van der Waals surface area contributed by atoms with Crippen molar-refractivity contribution in [1.82, 2.24) is 15.1 Å². The first-order valence-electron chi connectivity index (χ1n) is 6.56. The molecule has 0 aliphatic heterocycles. The maximum Gasteiger partial charge on any atom is 0.127 e. The minimum absolute atomic E-state index is 0.0812. The molecule has 0 radical (unpaired) electrons. The van der Waals surface area contributed by atoms with Gasteiger partial charge in [-0.1, -0.05) is 13.8 Å². The molecule has 0 fully saturated rings. The van der Waals surface area contributed by atoms with Crippen LogP contribution in [-0.4, -0.2) is 16.3 Å². The number of rotatable bonds is 6. The Morgan fingerprint density at radius 1 is 1.33 bits per heavy atom. The van der Waals surface area contributed by atoms with Gasteiger partial charge in [0, 0.05) is 19.7 Å². The van der Waals surface area contributed by atoms with Crippen LogP contribution in [0.15, 0.2) is 28.8 Å². The average Bonchev–Trinajstić information content (AvgIpc) is 3.00. The highest BCUT2D eigenvalue weighted by molar-refractivity contribution is 5.21. The summed E-state index contributed by atoms with van der Waals surface area (Å²) in [7, 11) is 1.96. The van der Waals surface area contributed by atoms with E-state index < -0.39 is 0 Å². The molecule has 0 saturated heterocycles. The standard InChI is InChI=1S/C14H21N3O/c1-4-9-15-14(12-8-10-16-17(12)3)13-7-6-11(5-2)18-13/h6-8,10,14-15H,4-5,9H2,1-3H3. The van der Waals surface area contributed by atoms with E-state index in [9.17, 15) is 0 Å². The highest BCUT2D eigenvalue weighted by Gasteiger charge is 2.19. The van der Waals surface area contributed by atoms with Gasteiger partial charge in [-0.3, -0.25) is 4.68 Å². The third-order valence-electron chi connectivity index (χ3n) is 3.07. The Labute approximate surface area is 108 Å². The van der Waals surface area contributed by atoms with Crippen LogP contribution in [0.3, 0.4) is 0 Å². The average molecular weight is 247 g/mol. The third-order valence-corrected chi connectivity index (χ3v) is 3.07. The summed E-state index contributed by atoms with van der Waals surface area (Å²) in [5, 5.41) is 7.74. The van der Waals surface area contributed by atoms with E-state index in [1.54, 1.807) is 0 Å². The first-order valence-corrected chi connectivity index (χ1v) is 6.56. The van der Waals surface area contributed by atoms with Crippen LogP contribution in [0.25, 0.3) is 0 Å². The lowest BCUT2D eigenvalue weighted by Crippen LogP contribution is -2.24. The van der Waals surface area contributed by atoms with Crippen molar-refractivity contribution in [3.05, 3.63) is 41.6 Å². The Bertz CT molecular complexity index is 487. The van der Waals surface area contributed by atoms with E-state index in [2.05, 4.69) is 30.3 Å². The zero-order chi connectivity index (χ0) is 13.0. The van der Waals surface area contributed by atoms with Gasteiger partial charge in [0.1, 0.15) is 17.6 Å². The lowest BCUT2D eigenvalue weighted by Gasteiger charge is -2.16. The molecule has 0 aliphatic carbocycles. The fourth-order valence-corrected chi connectivity index (χ4v) is 2.05. The predicted octanol–water partition coefficient (Wildman–Crippen LogP) is 2.66. The molecule has 0 aromatic carbocycles. The summed E-state index contributed by atoms with van der Waals surface area (Å²) >= 11 is 0. The molecular weight excluding hydrogens is 226 g/mol. The molecule has 1 N–H and O–H groups in total. The van der Waals surface area contributed by atoms with Gasteiger partial charge in [0.2, 0.25) is 0 Å². The SMILES string of the molecule is CCCNC(c1ccc(CC)o1)c1ccnn1C. The Morgan fingerprint density at radius 2 is 2.17 bits per heavy atom. The molecule has 2 aromatic heterocycles. The number of furan rings is 1. The van der Waals surface area contributed by atoms with E-state index in [0.29, 0.717) is 0 Å². The lowest BCUT2D eigenvalue weighted by atomic mass is 10.1. The van der Waals surface area contributed by atoms with E-state index in [-0.39, 0.29) is 6.04 Å². The number of nitrogens with one attached hydrogen (secondary N) is 1. The van der Waals surface area contributed by atoms with E-state index in [0.717, 1.165) is 36.6 Å². The van der Waals surface area contributed by atoms with Gasteiger partial charge in [-0.05, 0) is 31.2 Å². The minimum Gasteiger partial charge on any atom is -0.464 e. The zero-order valence-corrected chi connectivity index (χ0v) is 11.3. The van der Waals surface area contributed by atoms with Gasteiger partial charge >= 0.3 is 0 Å². The van der Waals surface area contributed by atoms with Crippen molar-refractivity contribution >= 4 is 0 Å². The van der Waals surface area contributed by atoms with E-state index in [4.69, 9.17) is 4.42 Å². The molecule has 0 aliphatic rings. The van der Waals surface area contributed by atoms with Crippen LogP contribution in [0.2, 0.25) is 0 Å². The van der Waals surface area contributed by atoms with Gasteiger partial charge < -0.3 is 9.73 Å². The van der Waals surface area contributed by atoms with Crippen molar-refractivity contribution in [3.63, 3.8) is 0 Å². The molecule has 4 nitrogen and oxygen atoms in total. The molecule has 2 rings (SSSR count). The van der Waals surface area contributed by atoms with Crippen LogP contribution in [0, 0.1) is 0 Å². The molecule has 98 valence electrons. The Morgan fingerprint density at radius 3 is 2.72 bits per heavy atom. The largest absolute Gasteiger partial charge is 0.464 e. The van der Waals surface area contributed by atoms with Gasteiger partial charge in [0.15, 0.2) is 0 Å². The zero-order valence-electron chi connectivity index (χ0n) is 11.3. The number of hydrogen-bond donors (Lipinski definition) is 1. The molecule has 1 unspecified atom stereocenters. The molecular formula is C14H21N3O. The van der Waals surface area contributed by atoms with Crippen LogP contribution >= 0.6 is 0 Å². The third kappa shape index (κ3) is 2.64. The summed E-state index contributed by atoms with van der Waals surface area (Å²) in [6.45, 7) is 5.21. The van der Waals surface area contributed by atoms with Crippen LogP contribution in [-0.2, 0) is 13.5 Å². The fourth-order valence-electron chi connectivity index (χ4n) is 2.05. The van der Waals surface area contributed by atoms with Crippen LogP contribution < -0.4 is 5.32 Å². The number of aryl methyl sites for hydroxylation is 2. The highest BCUT2D eigenvalue weighted by atomic mass is 16.3. The molecule has 2 aromatic rings. The monoisotopic (exact) mass is 247 g/mol. The van der Waals surface area contributed by atoms with Crippen molar-refractivity contribution in [2.45, 2.75) is 32.7 Å². The predicted molar refractivity (Wildman–Crippen MR) is 71.4 cm³/mol. The molecule has 0 saturated carbocycles. The van der Waals surface area contributed by atoms with E-state index in [1.165, 1.54) is 0 Å². The maximum absolute atomic E-state index is 5.87. The minimum atomic E-state index is 0.0812. The van der Waals surface area contributed by atoms with Crippen molar-refractivity contribution in [1.29, 1.82) is 0 Å². The summed E-state index contributed by atoms with van der Waals surface area (Å²) in [4.78, 5) is 0. The molecule has 2 heterocycles. The van der Waals surface area contributed by atoms with Crippen molar-refractivity contribution < 1.29 is 4.42 Å². The van der Waals surface area contributed by atoms with Gasteiger partial charge in [-0.25, -0.2) is 0 Å². The fraction of sp³-hybridized carbons (Fsp3) is 0.500. The summed E-state index contributed by atoms with van der Waals surface area (Å²) in [5.41, 5.74) is 1.13. The van der Waals surface area contributed by atoms with Crippen molar-refractivity contribution in [2.24, 2.45) is 7.05 Å². The number of nitrogens with zero attached hydrogens (tertiary/aromatic N) is 2. The Kier molecular flexibility index (Phi) is 4.20. The topological polar surface area (TPSA) is 43.0 Å². The van der Waals surface area contributed by atoms with Gasteiger partial charge in [0.05, 0.1) is 5.69 Å². The summed E-state index contributed by atoms with van der Waals surface area (Å²) in [6, 6.07) is 6.21. The molecule has 0 amide bonds. The Hall–Kier alpha value is -1.55. The second-order valence-electron chi connectivity index (χ2n) is 4.42. The second-order valence-corrected chi connectivity index (χ2v) is 4.42. The van der Waals surface area contributed by atoms with Crippen LogP contribution in [0.4, 0.5) is 0 Å². The molecule has 1 atom stereocenters. The lowest BCUT2D eigenvalue weighted by molar-refractivity contribution is 0.411. The molecule has 18 heavy (non-hydrogen) atoms. The van der Waals surface area contributed by atoms with Crippen molar-refractivity contribution in [3.8, 4) is 0 Å². The van der Waals surface area contributed by atoms with E-state index in [1.807, 2.05) is 30.1 Å². The summed E-state index contributed by atoms with van der Waals surface area (Å²) in [6.07, 6.45) is 3.83. The van der Waals surface area contributed by atoms with Crippen LogP contribution in [0.1, 0.15) is 43.5 Å². The molecule has 0 bridgehead atoms. The normalized spacial score (nSPS) is 12.8. The first kappa shape index (κ1) is 12.9. The summed E-state index contributed by atoms with van der Waals surface area (Å²) < 4.78 is 7.76. The van der Waals surface area contributed by atoms with Gasteiger partial charge in [-0.2, -0.15) is 5.10 Å². The maximum atomic E-state index is 5.87. The van der Waals surface area contributed by atoms with Gasteiger partial charge in [-0.15, -0.1) is 0 Å². The Balaban J connectivity index is 2.27. The van der Waals surface area contributed by atoms with Crippen molar-refractivity contribution in [2.75, 3.05) is 6.54 Å². The van der Waals surface area contributed by atoms with E-state index >= 15 is 0 Å². The first-order chi connectivity index (χ1) is 8.76. The second kappa shape index (κ2) is 5.87. The summed E-state index contributed by atoms with van der Waals surface area (Å²) in [5.74, 6) is 1.99. The highest BCUT2D eigenvalue weighted by Crippen LogP contribution is 2.23. The molecule has 4 heteroatoms. The van der Waals surface area contributed by atoms with Crippen LogP contribution in [0.5, 0.6) is 0 Å². The molecule has 0 spiro atoms. The number of aromatic nitrogens is 2. The number of hydrogen-bond acceptors (Lipinski definition) is 3. The quantitative estimate of drug-likeness (QED) is 0.853. The van der Waals surface area contributed by atoms with Gasteiger partial charge in [0.25, 0.3) is 0 Å².